The van der Waals surface area contributed by atoms with Crippen LogP contribution in [0.3, 0.4) is 0 Å². The highest BCUT2D eigenvalue weighted by Gasteiger charge is 2.16. The summed E-state index contributed by atoms with van der Waals surface area (Å²) < 4.78 is 14.3. The van der Waals surface area contributed by atoms with Gasteiger partial charge < -0.3 is 10.3 Å². The molecule has 2 aromatic carbocycles. The van der Waals surface area contributed by atoms with E-state index in [0.717, 1.165) is 17.6 Å². The molecule has 1 aliphatic rings. The van der Waals surface area contributed by atoms with Crippen LogP contribution in [-0.4, -0.2) is 27.1 Å². The maximum absolute atomic E-state index is 14.3. The van der Waals surface area contributed by atoms with E-state index >= 15 is 0 Å². The van der Waals surface area contributed by atoms with Crippen LogP contribution in [0.15, 0.2) is 53.7 Å². The van der Waals surface area contributed by atoms with Gasteiger partial charge in [0.1, 0.15) is 0 Å². The molecule has 146 valence electrons. The number of hydrogen-bond donors (Lipinski definition) is 2. The first kappa shape index (κ1) is 18.4. The summed E-state index contributed by atoms with van der Waals surface area (Å²) in [7, 11) is 0. The van der Waals surface area contributed by atoms with Gasteiger partial charge in [-0.15, -0.1) is 0 Å². The summed E-state index contributed by atoms with van der Waals surface area (Å²) in [4.78, 5) is 22.9. The molecule has 0 aliphatic carbocycles. The second kappa shape index (κ2) is 7.24. The van der Waals surface area contributed by atoms with Crippen LogP contribution in [0.5, 0.6) is 0 Å². The highest BCUT2D eigenvalue weighted by molar-refractivity contribution is 5.94. The maximum atomic E-state index is 14.3. The number of nitrogens with two attached hydrogens (primary N) is 1. The number of hydrogen-bond acceptors (Lipinski definition) is 8. The van der Waals surface area contributed by atoms with Gasteiger partial charge in [0, 0.05) is 29.1 Å². The number of non-ortho nitro benzene ring substituents is 1. The van der Waals surface area contributed by atoms with E-state index in [1.807, 2.05) is 6.92 Å². The Bertz CT molecular complexity index is 1130. The van der Waals surface area contributed by atoms with Crippen LogP contribution in [-0.2, 0) is 0 Å². The number of benzene rings is 2. The minimum absolute atomic E-state index is 0.0210. The third-order valence-corrected chi connectivity index (χ3v) is 4.34. The van der Waals surface area contributed by atoms with Gasteiger partial charge in [0.15, 0.2) is 17.5 Å². The van der Waals surface area contributed by atoms with E-state index in [-0.39, 0.29) is 17.3 Å². The third kappa shape index (κ3) is 3.73. The molecular formula is C19H16FN7O2. The van der Waals surface area contributed by atoms with Crippen LogP contribution < -0.4 is 16.2 Å². The number of aliphatic imine (C=N–C) groups is 1. The number of halogens is 1. The van der Waals surface area contributed by atoms with Crippen molar-refractivity contribution in [3.63, 3.8) is 0 Å². The fourth-order valence-corrected chi connectivity index (χ4v) is 2.96. The minimum Gasteiger partial charge on any atom is -0.338 e. The minimum atomic E-state index is -0.633. The second-order valence-corrected chi connectivity index (χ2v) is 6.50. The van der Waals surface area contributed by atoms with Crippen LogP contribution in [0.4, 0.5) is 33.0 Å². The Morgan fingerprint density at radius 3 is 2.72 bits per heavy atom. The highest BCUT2D eigenvalue weighted by Crippen LogP contribution is 2.34. The van der Waals surface area contributed by atoms with Crippen LogP contribution in [0, 0.1) is 15.9 Å². The number of nitrogens with one attached hydrogen (secondary N) is 1. The summed E-state index contributed by atoms with van der Waals surface area (Å²) in [5, 5.41) is 15.3. The number of nitro benzene ring substituents is 1. The molecule has 3 aromatic rings. The summed E-state index contributed by atoms with van der Waals surface area (Å²) in [6.07, 6.45) is 1.05. The zero-order chi connectivity index (χ0) is 20.5. The van der Waals surface area contributed by atoms with Gasteiger partial charge in [0.2, 0.25) is 0 Å². The van der Waals surface area contributed by atoms with E-state index in [2.05, 4.69) is 20.3 Å². The van der Waals surface area contributed by atoms with Crippen molar-refractivity contribution >= 4 is 34.3 Å². The van der Waals surface area contributed by atoms with Gasteiger partial charge in [-0.1, -0.05) is 0 Å². The van der Waals surface area contributed by atoms with Gasteiger partial charge >= 0.3 is 0 Å². The molecule has 0 atom stereocenters. The summed E-state index contributed by atoms with van der Waals surface area (Å²) in [5.41, 5.74) is 3.41. The quantitative estimate of drug-likeness (QED) is 0.393. The lowest BCUT2D eigenvalue weighted by Crippen LogP contribution is -2.37. The summed E-state index contributed by atoms with van der Waals surface area (Å²) in [6, 6.07) is 11.0. The Morgan fingerprint density at radius 1 is 1.24 bits per heavy atom. The fourth-order valence-electron chi connectivity index (χ4n) is 2.96. The Labute approximate surface area is 164 Å². The summed E-state index contributed by atoms with van der Waals surface area (Å²) in [6.45, 7) is 2.40. The highest BCUT2D eigenvalue weighted by atomic mass is 19.1. The molecule has 2 heterocycles. The lowest BCUT2D eigenvalue weighted by molar-refractivity contribution is -0.384. The number of rotatable bonds is 4. The number of anilines is 3. The van der Waals surface area contributed by atoms with Crippen molar-refractivity contribution in [2.24, 2.45) is 10.8 Å². The Morgan fingerprint density at radius 2 is 2.00 bits per heavy atom. The predicted molar refractivity (Wildman–Crippen MR) is 108 cm³/mol. The molecule has 1 aliphatic heterocycles. The van der Waals surface area contributed by atoms with E-state index in [1.54, 1.807) is 23.2 Å². The van der Waals surface area contributed by atoms with Gasteiger partial charge in [-0.05, 0) is 37.3 Å². The molecule has 1 aromatic heterocycles. The molecule has 0 saturated heterocycles. The molecule has 10 heteroatoms. The van der Waals surface area contributed by atoms with Gasteiger partial charge in [0.25, 0.3) is 5.69 Å². The molecule has 4 rings (SSSR count). The van der Waals surface area contributed by atoms with Gasteiger partial charge in [0.05, 0.1) is 29.0 Å². The summed E-state index contributed by atoms with van der Waals surface area (Å²) in [5.74, 6) is 5.62. The number of nitro groups is 1. The standard InChI is InChI=1S/C19H16FN7O2/c1-11-10-26(21)17-8-13(4-7-16(17)23-11)24-19-15(20)9-22-18(25-19)12-2-5-14(6-3-12)27(28)29/h2-9H,10,21H2,1H3,(H,22,24,25). The average Bonchev–Trinajstić information content (AvgIpc) is 2.70. The van der Waals surface area contributed by atoms with Crippen LogP contribution in [0.1, 0.15) is 6.92 Å². The molecule has 3 N–H and O–H groups in total. The van der Waals surface area contributed by atoms with E-state index in [0.29, 0.717) is 23.5 Å². The van der Waals surface area contributed by atoms with E-state index in [1.165, 1.54) is 24.3 Å². The van der Waals surface area contributed by atoms with Gasteiger partial charge in [-0.3, -0.25) is 15.1 Å². The van der Waals surface area contributed by atoms with E-state index in [9.17, 15) is 14.5 Å². The molecule has 9 nitrogen and oxygen atoms in total. The molecule has 29 heavy (non-hydrogen) atoms. The first-order valence-electron chi connectivity index (χ1n) is 8.65. The topological polar surface area (TPSA) is 123 Å². The Kier molecular flexibility index (Phi) is 4.61. The first-order valence-corrected chi connectivity index (χ1v) is 8.65. The van der Waals surface area contributed by atoms with Crippen molar-refractivity contribution in [1.29, 1.82) is 0 Å². The molecule has 0 spiro atoms. The lowest BCUT2D eigenvalue weighted by atomic mass is 10.2. The SMILES string of the molecule is CC1=Nc2ccc(Nc3nc(-c4ccc([N+](=O)[O-])cc4)ncc3F)cc2N(N)C1. The lowest BCUT2D eigenvalue weighted by Gasteiger charge is -2.25. The van der Waals surface area contributed by atoms with Crippen molar-refractivity contribution in [3.05, 3.63) is 64.6 Å². The predicted octanol–water partition coefficient (Wildman–Crippen LogP) is 3.72. The molecule has 0 saturated carbocycles. The Balaban J connectivity index is 1.64. The van der Waals surface area contributed by atoms with Crippen LogP contribution >= 0.6 is 0 Å². The molecule has 0 fully saturated rings. The van der Waals surface area contributed by atoms with E-state index in [4.69, 9.17) is 5.84 Å². The smallest absolute Gasteiger partial charge is 0.269 e. The molecule has 0 radical (unpaired) electrons. The fraction of sp³-hybridized carbons (Fsp3) is 0.105. The number of fused-ring (bicyclic) bond motifs is 1. The van der Waals surface area contributed by atoms with Crippen molar-refractivity contribution in [1.82, 2.24) is 9.97 Å². The Hall–Kier alpha value is -3.92. The largest absolute Gasteiger partial charge is 0.338 e. The van der Waals surface area contributed by atoms with Crippen molar-refractivity contribution in [2.45, 2.75) is 6.92 Å². The van der Waals surface area contributed by atoms with Crippen molar-refractivity contribution in [3.8, 4) is 11.4 Å². The average molecular weight is 393 g/mol. The third-order valence-electron chi connectivity index (χ3n) is 4.34. The van der Waals surface area contributed by atoms with Crippen LogP contribution in [0.2, 0.25) is 0 Å². The van der Waals surface area contributed by atoms with Gasteiger partial charge in [-0.25, -0.2) is 20.2 Å². The number of hydrazine groups is 1. The zero-order valence-corrected chi connectivity index (χ0v) is 15.3. The second-order valence-electron chi connectivity index (χ2n) is 6.50. The molecule has 0 amide bonds. The van der Waals surface area contributed by atoms with Crippen molar-refractivity contribution in [2.75, 3.05) is 16.9 Å². The summed E-state index contributed by atoms with van der Waals surface area (Å²) >= 11 is 0. The van der Waals surface area contributed by atoms with Crippen LogP contribution in [0.25, 0.3) is 11.4 Å². The van der Waals surface area contributed by atoms with Crippen molar-refractivity contribution < 1.29 is 9.31 Å². The zero-order valence-electron chi connectivity index (χ0n) is 15.3. The molecular weight excluding hydrogens is 377 g/mol. The number of nitrogens with zero attached hydrogens (tertiary/aromatic N) is 5. The molecule has 0 unspecified atom stereocenters. The van der Waals surface area contributed by atoms with Gasteiger partial charge in [-0.2, -0.15) is 0 Å². The monoisotopic (exact) mass is 393 g/mol. The maximum Gasteiger partial charge on any atom is 0.269 e. The normalized spacial score (nSPS) is 12.9. The number of aromatic nitrogens is 2. The molecule has 0 bridgehead atoms. The van der Waals surface area contributed by atoms with E-state index < -0.39 is 10.7 Å². The first-order chi connectivity index (χ1) is 13.9.